The zero-order chi connectivity index (χ0) is 14.9. The average molecular weight is 305 g/mol. The van der Waals surface area contributed by atoms with Crippen LogP contribution in [0, 0.1) is 17.7 Å². The predicted octanol–water partition coefficient (Wildman–Crippen LogP) is 3.87. The zero-order valence-electron chi connectivity index (χ0n) is 11.3. The lowest BCUT2D eigenvalue weighted by molar-refractivity contribution is 0.216. The lowest BCUT2D eigenvalue weighted by Gasteiger charge is -2.08. The maximum absolute atomic E-state index is 13.4. The first-order valence-corrected chi connectivity index (χ1v) is 6.97. The average Bonchev–Trinajstić information content (AvgIpc) is 2.50. The van der Waals surface area contributed by atoms with Crippen LogP contribution in [0.15, 0.2) is 48.5 Å². The predicted molar refractivity (Wildman–Crippen MR) is 81.4 cm³/mol. The van der Waals surface area contributed by atoms with Crippen molar-refractivity contribution in [2.45, 2.75) is 0 Å². The summed E-state index contributed by atoms with van der Waals surface area (Å²) in [5.41, 5.74) is 0.537. The van der Waals surface area contributed by atoms with Crippen LogP contribution < -0.4 is 9.47 Å². The fraction of sp³-hybridized carbons (Fsp3) is 0.176. The summed E-state index contributed by atoms with van der Waals surface area (Å²) < 4.78 is 24.4. The summed E-state index contributed by atoms with van der Waals surface area (Å²) >= 11 is 5.48. The lowest BCUT2D eigenvalue weighted by Crippen LogP contribution is -2.09. The summed E-state index contributed by atoms with van der Waals surface area (Å²) in [6.45, 7) is 0.698. The second kappa shape index (κ2) is 8.18. The van der Waals surface area contributed by atoms with E-state index in [0.717, 1.165) is 5.75 Å². The van der Waals surface area contributed by atoms with Crippen molar-refractivity contribution in [1.29, 1.82) is 0 Å². The largest absolute Gasteiger partial charge is 0.490 e. The highest BCUT2D eigenvalue weighted by atomic mass is 35.5. The molecule has 2 rings (SSSR count). The molecule has 0 radical (unpaired) electrons. The van der Waals surface area contributed by atoms with Gasteiger partial charge in [-0.05, 0) is 24.3 Å². The summed E-state index contributed by atoms with van der Waals surface area (Å²) in [4.78, 5) is 0. The van der Waals surface area contributed by atoms with Crippen LogP contribution in [0.2, 0.25) is 0 Å². The minimum absolute atomic E-state index is 0.206. The highest BCUT2D eigenvalue weighted by Gasteiger charge is 2.01. The van der Waals surface area contributed by atoms with E-state index in [1.165, 1.54) is 12.1 Å². The summed E-state index contributed by atoms with van der Waals surface area (Å²) in [5, 5.41) is 0. The summed E-state index contributed by atoms with van der Waals surface area (Å²) in [7, 11) is 0. The van der Waals surface area contributed by atoms with Crippen molar-refractivity contribution in [3.63, 3.8) is 0 Å². The first-order valence-electron chi connectivity index (χ1n) is 6.44. The Bertz CT molecular complexity index is 632. The summed E-state index contributed by atoms with van der Waals surface area (Å²) in [6.07, 6.45) is 0. The first-order chi connectivity index (χ1) is 10.3. The summed E-state index contributed by atoms with van der Waals surface area (Å²) in [6, 6.07) is 13.8. The summed E-state index contributed by atoms with van der Waals surface area (Å²) in [5.74, 6) is 6.44. The van der Waals surface area contributed by atoms with Gasteiger partial charge in [0.15, 0.2) is 0 Å². The molecule has 0 N–H and O–H groups in total. The topological polar surface area (TPSA) is 18.5 Å². The first kappa shape index (κ1) is 15.2. The van der Waals surface area contributed by atoms with Gasteiger partial charge in [0, 0.05) is 11.6 Å². The lowest BCUT2D eigenvalue weighted by atomic mass is 10.2. The van der Waals surface area contributed by atoms with E-state index >= 15 is 0 Å². The molecule has 2 aromatic rings. The van der Waals surface area contributed by atoms with Crippen molar-refractivity contribution < 1.29 is 13.9 Å². The van der Waals surface area contributed by atoms with Crippen LogP contribution in [0.5, 0.6) is 11.5 Å². The van der Waals surface area contributed by atoms with Crippen molar-refractivity contribution in [2.75, 3.05) is 19.1 Å². The van der Waals surface area contributed by atoms with Gasteiger partial charge in [0.2, 0.25) is 0 Å². The fourth-order valence-corrected chi connectivity index (χ4v) is 1.76. The van der Waals surface area contributed by atoms with E-state index < -0.39 is 5.82 Å². The fourth-order valence-electron chi connectivity index (χ4n) is 1.69. The van der Waals surface area contributed by atoms with Crippen molar-refractivity contribution >= 4 is 11.6 Å². The zero-order valence-corrected chi connectivity index (χ0v) is 12.1. The van der Waals surface area contributed by atoms with E-state index in [9.17, 15) is 4.39 Å². The van der Waals surface area contributed by atoms with Gasteiger partial charge < -0.3 is 9.47 Å². The molecule has 0 bridgehead atoms. The highest BCUT2D eigenvalue weighted by molar-refractivity contribution is 6.19. The number of ether oxygens (including phenoxy) is 2. The molecule has 0 atom stereocenters. The van der Waals surface area contributed by atoms with Crippen LogP contribution in [0.25, 0.3) is 0 Å². The van der Waals surface area contributed by atoms with Gasteiger partial charge in [-0.25, -0.2) is 4.39 Å². The molecule has 0 aromatic heterocycles. The van der Waals surface area contributed by atoms with Crippen LogP contribution in [-0.4, -0.2) is 19.1 Å². The Morgan fingerprint density at radius 3 is 2.38 bits per heavy atom. The van der Waals surface area contributed by atoms with Gasteiger partial charge in [0.05, 0.1) is 5.88 Å². The third-order valence-corrected chi connectivity index (χ3v) is 2.67. The molecule has 0 amide bonds. The molecule has 4 heteroatoms. The van der Waals surface area contributed by atoms with Gasteiger partial charge in [0.1, 0.15) is 30.5 Å². The Morgan fingerprint density at radius 2 is 1.67 bits per heavy atom. The number of rotatable bonds is 5. The molecule has 2 nitrogen and oxygen atoms in total. The van der Waals surface area contributed by atoms with E-state index in [2.05, 4.69) is 11.8 Å². The van der Waals surface area contributed by atoms with Gasteiger partial charge in [0.25, 0.3) is 0 Å². The van der Waals surface area contributed by atoms with Crippen LogP contribution in [0.1, 0.15) is 5.56 Å². The minimum atomic E-state index is -0.393. The number of alkyl halides is 1. The molecule has 21 heavy (non-hydrogen) atoms. The molecule has 0 spiro atoms. The van der Waals surface area contributed by atoms with Gasteiger partial charge >= 0.3 is 0 Å². The Labute approximate surface area is 128 Å². The Hall–Kier alpha value is -2.18. The molecule has 0 unspecified atom stereocenters. The minimum Gasteiger partial charge on any atom is -0.490 e. The number of para-hydroxylation sites is 1. The molecule has 0 aliphatic heterocycles. The highest BCUT2D eigenvalue weighted by Crippen LogP contribution is 2.16. The van der Waals surface area contributed by atoms with Gasteiger partial charge in [-0.3, -0.25) is 0 Å². The van der Waals surface area contributed by atoms with Gasteiger partial charge in [-0.1, -0.05) is 30.0 Å². The Kier molecular flexibility index (Phi) is 5.93. The maximum atomic E-state index is 13.4. The maximum Gasteiger partial charge on any atom is 0.128 e. The number of hydrogen-bond donors (Lipinski definition) is 0. The quantitative estimate of drug-likeness (QED) is 0.474. The molecule has 0 aliphatic carbocycles. The molecule has 0 aliphatic rings. The third-order valence-electron chi connectivity index (χ3n) is 2.53. The number of benzene rings is 2. The Balaban J connectivity index is 1.86. The molecule has 0 saturated carbocycles. The van der Waals surface area contributed by atoms with E-state index in [1.54, 1.807) is 6.07 Å². The Morgan fingerprint density at radius 1 is 0.952 bits per heavy atom. The molecule has 0 heterocycles. The molecule has 108 valence electrons. The monoisotopic (exact) mass is 304 g/mol. The number of hydrogen-bond acceptors (Lipinski definition) is 2. The van der Waals surface area contributed by atoms with Crippen LogP contribution in [0.4, 0.5) is 4.39 Å². The molecular weight excluding hydrogens is 291 g/mol. The second-order valence-corrected chi connectivity index (χ2v) is 4.39. The van der Waals surface area contributed by atoms with E-state index in [-0.39, 0.29) is 5.88 Å². The second-order valence-electron chi connectivity index (χ2n) is 4.12. The van der Waals surface area contributed by atoms with Crippen LogP contribution in [0.3, 0.4) is 0 Å². The van der Waals surface area contributed by atoms with Crippen molar-refractivity contribution in [1.82, 2.24) is 0 Å². The van der Waals surface area contributed by atoms with Crippen molar-refractivity contribution in [2.24, 2.45) is 0 Å². The van der Waals surface area contributed by atoms with E-state index in [1.807, 2.05) is 30.3 Å². The third kappa shape index (κ3) is 5.37. The molecule has 2 aromatic carbocycles. The van der Waals surface area contributed by atoms with Gasteiger partial charge in [-0.2, -0.15) is 0 Å². The smallest absolute Gasteiger partial charge is 0.128 e. The van der Waals surface area contributed by atoms with E-state index in [0.29, 0.717) is 24.5 Å². The van der Waals surface area contributed by atoms with Crippen molar-refractivity contribution in [3.8, 4) is 23.3 Å². The number of halogens is 2. The van der Waals surface area contributed by atoms with E-state index in [4.69, 9.17) is 21.1 Å². The van der Waals surface area contributed by atoms with Crippen molar-refractivity contribution in [3.05, 3.63) is 59.9 Å². The van der Waals surface area contributed by atoms with Crippen LogP contribution >= 0.6 is 11.6 Å². The van der Waals surface area contributed by atoms with Gasteiger partial charge in [-0.15, -0.1) is 11.6 Å². The molecule has 0 saturated heterocycles. The molecular formula is C17H14ClFO2. The SMILES string of the molecule is Fc1cc(C#CCCl)cc(OCCOc2ccccc2)c1. The van der Waals surface area contributed by atoms with Crippen LogP contribution in [-0.2, 0) is 0 Å². The molecule has 0 fully saturated rings. The normalized spacial score (nSPS) is 9.62. The standard InChI is InChI=1S/C17H14ClFO2/c18-8-4-5-14-11-15(19)13-17(12-14)21-10-9-20-16-6-2-1-3-7-16/h1-3,6-7,11-13H,8-10H2.